The summed E-state index contributed by atoms with van der Waals surface area (Å²) in [5.74, 6) is 2.16. The van der Waals surface area contributed by atoms with E-state index in [4.69, 9.17) is 10.5 Å². The van der Waals surface area contributed by atoms with Gasteiger partial charge in [-0.25, -0.2) is 0 Å². The summed E-state index contributed by atoms with van der Waals surface area (Å²) in [6.45, 7) is 3.12. The summed E-state index contributed by atoms with van der Waals surface area (Å²) in [6, 6.07) is 7.64. The lowest BCUT2D eigenvalue weighted by Crippen LogP contribution is -3.10. The van der Waals surface area contributed by atoms with Gasteiger partial charge in [0.1, 0.15) is 12.3 Å². The van der Waals surface area contributed by atoms with Crippen LogP contribution in [0.5, 0.6) is 5.75 Å². The number of anilines is 3. The molecule has 0 saturated carbocycles. The minimum Gasteiger partial charge on any atom is -0.495 e. The van der Waals surface area contributed by atoms with Crippen LogP contribution in [0.4, 0.5) is 17.6 Å². The first-order valence-electron chi connectivity index (χ1n) is 8.48. The van der Waals surface area contributed by atoms with Gasteiger partial charge >= 0.3 is 0 Å². The highest BCUT2D eigenvalue weighted by Crippen LogP contribution is 2.25. The molecular weight excluding hydrogens is 304 g/mol. The number of rotatable bonds is 5. The molecule has 2 aromatic rings. The van der Waals surface area contributed by atoms with E-state index in [0.29, 0.717) is 5.95 Å². The quantitative estimate of drug-likeness (QED) is 0.763. The van der Waals surface area contributed by atoms with Crippen molar-refractivity contribution in [1.82, 2.24) is 15.0 Å². The van der Waals surface area contributed by atoms with Crippen molar-refractivity contribution in [3.8, 4) is 5.75 Å². The van der Waals surface area contributed by atoms with Crippen molar-refractivity contribution in [2.75, 3.05) is 31.2 Å². The van der Waals surface area contributed by atoms with Crippen LogP contribution in [0.1, 0.15) is 31.5 Å². The molecule has 3 rings (SSSR count). The van der Waals surface area contributed by atoms with Gasteiger partial charge in [0.25, 0.3) is 0 Å². The minimum atomic E-state index is 0.242. The SMILES string of the molecule is COc1ccccc1Nc1nc(N)nc(C[NH+]2CCCCCC2)n1. The summed E-state index contributed by atoms with van der Waals surface area (Å²) in [4.78, 5) is 14.6. The molecule has 1 aromatic carbocycles. The molecule has 0 amide bonds. The summed E-state index contributed by atoms with van der Waals surface area (Å²) >= 11 is 0. The molecule has 7 nitrogen and oxygen atoms in total. The zero-order valence-electron chi connectivity index (χ0n) is 14.1. The van der Waals surface area contributed by atoms with Crippen LogP contribution in [0.3, 0.4) is 0 Å². The van der Waals surface area contributed by atoms with Crippen LogP contribution < -0.4 is 20.7 Å². The third-order valence-corrected chi connectivity index (χ3v) is 4.27. The van der Waals surface area contributed by atoms with Crippen molar-refractivity contribution in [1.29, 1.82) is 0 Å². The Morgan fingerprint density at radius 3 is 2.58 bits per heavy atom. The topological polar surface area (TPSA) is 90.4 Å². The highest BCUT2D eigenvalue weighted by Gasteiger charge is 2.16. The summed E-state index contributed by atoms with van der Waals surface area (Å²) in [5.41, 5.74) is 6.68. The molecule has 128 valence electrons. The maximum Gasteiger partial charge on any atom is 0.232 e. The second-order valence-corrected chi connectivity index (χ2v) is 6.10. The number of ether oxygens (including phenoxy) is 1. The first-order chi connectivity index (χ1) is 11.7. The predicted molar refractivity (Wildman–Crippen MR) is 93.4 cm³/mol. The van der Waals surface area contributed by atoms with Crippen LogP contribution in [0.15, 0.2) is 24.3 Å². The molecule has 24 heavy (non-hydrogen) atoms. The van der Waals surface area contributed by atoms with E-state index in [1.807, 2.05) is 24.3 Å². The second-order valence-electron chi connectivity index (χ2n) is 6.10. The van der Waals surface area contributed by atoms with Gasteiger partial charge in [-0.1, -0.05) is 12.1 Å². The fourth-order valence-electron chi connectivity index (χ4n) is 3.07. The van der Waals surface area contributed by atoms with Crippen LogP contribution in [0, 0.1) is 0 Å². The van der Waals surface area contributed by atoms with Crippen LogP contribution in [0.25, 0.3) is 0 Å². The number of nitrogens with zero attached hydrogens (tertiary/aromatic N) is 3. The average molecular weight is 329 g/mol. The van der Waals surface area contributed by atoms with E-state index in [1.165, 1.54) is 43.7 Å². The molecule has 0 unspecified atom stereocenters. The Morgan fingerprint density at radius 2 is 1.83 bits per heavy atom. The number of benzene rings is 1. The Labute approximate surface area is 142 Å². The van der Waals surface area contributed by atoms with Gasteiger partial charge in [-0.15, -0.1) is 0 Å². The van der Waals surface area contributed by atoms with E-state index in [2.05, 4.69) is 20.3 Å². The lowest BCUT2D eigenvalue weighted by atomic mass is 10.2. The predicted octanol–water partition coefficient (Wildman–Crippen LogP) is 1.16. The van der Waals surface area contributed by atoms with Crippen molar-refractivity contribution in [2.45, 2.75) is 32.2 Å². The fourth-order valence-corrected chi connectivity index (χ4v) is 3.07. The number of nitrogens with two attached hydrogens (primary N) is 1. The number of nitrogens with one attached hydrogen (secondary N) is 2. The molecule has 2 heterocycles. The Kier molecular flexibility index (Phi) is 5.43. The smallest absolute Gasteiger partial charge is 0.232 e. The van der Waals surface area contributed by atoms with Gasteiger partial charge in [-0.05, 0) is 37.8 Å². The van der Waals surface area contributed by atoms with Crippen molar-refractivity contribution in [3.63, 3.8) is 0 Å². The highest BCUT2D eigenvalue weighted by molar-refractivity contribution is 5.62. The Morgan fingerprint density at radius 1 is 1.08 bits per heavy atom. The van der Waals surface area contributed by atoms with Crippen molar-refractivity contribution >= 4 is 17.6 Å². The second kappa shape index (κ2) is 7.92. The number of methoxy groups -OCH3 is 1. The summed E-state index contributed by atoms with van der Waals surface area (Å²) in [7, 11) is 1.64. The molecule has 0 bridgehead atoms. The van der Waals surface area contributed by atoms with Gasteiger partial charge in [-0.3, -0.25) is 0 Å². The zero-order chi connectivity index (χ0) is 16.8. The van der Waals surface area contributed by atoms with Crippen LogP contribution >= 0.6 is 0 Å². The molecule has 7 heteroatoms. The monoisotopic (exact) mass is 329 g/mol. The Balaban J connectivity index is 1.75. The van der Waals surface area contributed by atoms with Gasteiger partial charge in [0.15, 0.2) is 5.82 Å². The molecule has 0 atom stereocenters. The van der Waals surface area contributed by atoms with Gasteiger partial charge in [-0.2, -0.15) is 15.0 Å². The van der Waals surface area contributed by atoms with E-state index in [9.17, 15) is 0 Å². The van der Waals surface area contributed by atoms with Gasteiger partial charge in [0, 0.05) is 0 Å². The molecule has 1 fully saturated rings. The third kappa shape index (κ3) is 4.32. The summed E-state index contributed by atoms with van der Waals surface area (Å²) in [6.07, 6.45) is 5.18. The van der Waals surface area contributed by atoms with Crippen LogP contribution in [0.2, 0.25) is 0 Å². The molecule has 0 radical (unpaired) electrons. The zero-order valence-corrected chi connectivity index (χ0v) is 14.1. The van der Waals surface area contributed by atoms with E-state index in [-0.39, 0.29) is 5.95 Å². The first kappa shape index (κ1) is 16.4. The van der Waals surface area contributed by atoms with Crippen LogP contribution in [-0.2, 0) is 6.54 Å². The maximum absolute atomic E-state index is 5.88. The van der Waals surface area contributed by atoms with Gasteiger partial charge in [0.2, 0.25) is 11.9 Å². The van der Waals surface area contributed by atoms with E-state index < -0.39 is 0 Å². The normalized spacial score (nSPS) is 15.7. The molecule has 1 aromatic heterocycles. The number of hydrogen-bond donors (Lipinski definition) is 3. The molecule has 0 aliphatic carbocycles. The Bertz CT molecular complexity index is 670. The van der Waals surface area contributed by atoms with Crippen LogP contribution in [-0.4, -0.2) is 35.2 Å². The molecule has 0 spiro atoms. The van der Waals surface area contributed by atoms with Crippen molar-refractivity contribution in [2.24, 2.45) is 0 Å². The van der Waals surface area contributed by atoms with Crippen molar-refractivity contribution < 1.29 is 9.64 Å². The standard InChI is InChI=1S/C17H24N6O/c1-24-14-9-5-4-8-13(14)19-17-21-15(20-16(18)22-17)12-23-10-6-2-3-7-11-23/h4-5,8-9H,2-3,6-7,10-12H2,1H3,(H3,18,19,20,21,22)/p+1. The fraction of sp³-hybridized carbons (Fsp3) is 0.471. The minimum absolute atomic E-state index is 0.242. The molecule has 1 aliphatic rings. The number of quaternary nitrogens is 1. The molecule has 1 aliphatic heterocycles. The van der Waals surface area contributed by atoms with E-state index in [1.54, 1.807) is 7.11 Å². The number of likely N-dealkylation sites (tertiary alicyclic amines) is 1. The number of para-hydroxylation sites is 2. The number of aromatic nitrogens is 3. The molecule has 4 N–H and O–H groups in total. The summed E-state index contributed by atoms with van der Waals surface area (Å²) in [5, 5.41) is 3.18. The summed E-state index contributed by atoms with van der Waals surface area (Å²) < 4.78 is 5.34. The first-order valence-corrected chi connectivity index (χ1v) is 8.48. The average Bonchev–Trinajstić information content (AvgIpc) is 2.83. The molecule has 1 saturated heterocycles. The maximum atomic E-state index is 5.88. The number of nitrogen functional groups attached to an aromatic ring is 1. The lowest BCUT2D eigenvalue weighted by Gasteiger charge is -2.16. The molecular formula is C17H25N6O+. The third-order valence-electron chi connectivity index (χ3n) is 4.27. The van der Waals surface area contributed by atoms with E-state index >= 15 is 0 Å². The number of hydrogen-bond acceptors (Lipinski definition) is 6. The van der Waals surface area contributed by atoms with Crippen molar-refractivity contribution in [3.05, 3.63) is 30.1 Å². The van der Waals surface area contributed by atoms with Gasteiger partial charge in [0.05, 0.1) is 25.9 Å². The highest BCUT2D eigenvalue weighted by atomic mass is 16.5. The van der Waals surface area contributed by atoms with E-state index in [0.717, 1.165) is 23.8 Å². The largest absolute Gasteiger partial charge is 0.495 e. The van der Waals surface area contributed by atoms with Gasteiger partial charge < -0.3 is 20.7 Å². The Hall–Kier alpha value is -2.41. The lowest BCUT2D eigenvalue weighted by molar-refractivity contribution is -0.913.